The Balaban J connectivity index is 1.78. The molecule has 1 saturated carbocycles. The Morgan fingerprint density at radius 1 is 1.25 bits per heavy atom. The number of piperidine rings is 1. The summed E-state index contributed by atoms with van der Waals surface area (Å²) in [7, 11) is 0. The maximum Gasteiger partial charge on any atom is 0.471 e. The minimum Gasteiger partial charge on any atom is -0.352 e. The van der Waals surface area contributed by atoms with Crippen LogP contribution in [0.15, 0.2) is 11.6 Å². The SMILES string of the molecule is O=C(C=C1CCN(C(=O)C(F)(F)F)CC1)NCC1CC1. The second-order valence-corrected chi connectivity index (χ2v) is 5.28. The molecule has 1 aliphatic heterocycles. The average molecular weight is 290 g/mol. The molecule has 0 spiro atoms. The lowest BCUT2D eigenvalue weighted by atomic mass is 10.0. The van der Waals surface area contributed by atoms with Gasteiger partial charge in [0.15, 0.2) is 0 Å². The van der Waals surface area contributed by atoms with Gasteiger partial charge in [-0.2, -0.15) is 13.2 Å². The molecule has 1 saturated heterocycles. The average Bonchev–Trinajstić information content (AvgIpc) is 3.19. The van der Waals surface area contributed by atoms with E-state index in [0.29, 0.717) is 25.3 Å². The van der Waals surface area contributed by atoms with Gasteiger partial charge in [0, 0.05) is 25.7 Å². The molecular formula is C13H17F3N2O2. The number of hydrogen-bond donors (Lipinski definition) is 1. The first-order valence-corrected chi connectivity index (χ1v) is 6.69. The number of carbonyl (C=O) groups is 2. The van der Waals surface area contributed by atoms with E-state index in [-0.39, 0.29) is 19.0 Å². The van der Waals surface area contributed by atoms with Gasteiger partial charge in [-0.3, -0.25) is 9.59 Å². The van der Waals surface area contributed by atoms with Crippen molar-refractivity contribution >= 4 is 11.8 Å². The van der Waals surface area contributed by atoms with Gasteiger partial charge >= 0.3 is 12.1 Å². The Kier molecular flexibility index (Phi) is 4.35. The van der Waals surface area contributed by atoms with Gasteiger partial charge in [-0.05, 0) is 31.6 Å². The van der Waals surface area contributed by atoms with Crippen LogP contribution in [-0.4, -0.2) is 42.5 Å². The minimum atomic E-state index is -4.82. The Morgan fingerprint density at radius 2 is 1.85 bits per heavy atom. The van der Waals surface area contributed by atoms with Gasteiger partial charge in [-0.15, -0.1) is 0 Å². The molecule has 2 amide bonds. The molecule has 0 aromatic heterocycles. The molecule has 0 bridgehead atoms. The minimum absolute atomic E-state index is 0.0140. The molecule has 0 aromatic rings. The van der Waals surface area contributed by atoms with E-state index < -0.39 is 12.1 Å². The fourth-order valence-corrected chi connectivity index (χ4v) is 2.12. The van der Waals surface area contributed by atoms with Gasteiger partial charge in [0.2, 0.25) is 5.91 Å². The fourth-order valence-electron chi connectivity index (χ4n) is 2.12. The molecular weight excluding hydrogens is 273 g/mol. The Bertz CT molecular complexity index is 418. The van der Waals surface area contributed by atoms with Crippen molar-refractivity contribution in [2.24, 2.45) is 5.92 Å². The first kappa shape index (κ1) is 14.9. The van der Waals surface area contributed by atoms with Gasteiger partial charge in [0.05, 0.1) is 0 Å². The second-order valence-electron chi connectivity index (χ2n) is 5.28. The number of nitrogens with one attached hydrogen (secondary N) is 1. The third kappa shape index (κ3) is 4.25. The van der Waals surface area contributed by atoms with Crippen molar-refractivity contribution in [1.29, 1.82) is 0 Å². The van der Waals surface area contributed by atoms with E-state index in [0.717, 1.165) is 23.3 Å². The van der Waals surface area contributed by atoms with Gasteiger partial charge in [0.25, 0.3) is 0 Å². The summed E-state index contributed by atoms with van der Waals surface area (Å²) in [6.45, 7) is 0.696. The number of likely N-dealkylation sites (tertiary alicyclic amines) is 1. The number of nitrogens with zero attached hydrogens (tertiary/aromatic N) is 1. The van der Waals surface area contributed by atoms with Crippen molar-refractivity contribution in [2.45, 2.75) is 31.9 Å². The van der Waals surface area contributed by atoms with Crippen LogP contribution in [0.3, 0.4) is 0 Å². The summed E-state index contributed by atoms with van der Waals surface area (Å²) in [6.07, 6.45) is -0.436. The van der Waals surface area contributed by atoms with Gasteiger partial charge < -0.3 is 10.2 Å². The van der Waals surface area contributed by atoms with Crippen LogP contribution in [0.1, 0.15) is 25.7 Å². The molecule has 2 fully saturated rings. The summed E-state index contributed by atoms with van der Waals surface area (Å²) in [5.74, 6) is -1.40. The maximum absolute atomic E-state index is 12.3. The molecule has 0 unspecified atom stereocenters. The van der Waals surface area contributed by atoms with Crippen LogP contribution < -0.4 is 5.32 Å². The summed E-state index contributed by atoms with van der Waals surface area (Å²) in [4.78, 5) is 23.4. The van der Waals surface area contributed by atoms with Crippen LogP contribution in [0.2, 0.25) is 0 Å². The zero-order valence-corrected chi connectivity index (χ0v) is 11.0. The van der Waals surface area contributed by atoms with Crippen LogP contribution in [0, 0.1) is 5.92 Å². The highest BCUT2D eigenvalue weighted by atomic mass is 19.4. The molecule has 0 atom stereocenters. The topological polar surface area (TPSA) is 49.4 Å². The molecule has 1 aliphatic carbocycles. The lowest BCUT2D eigenvalue weighted by molar-refractivity contribution is -0.185. The number of rotatable bonds is 3. The number of carbonyl (C=O) groups excluding carboxylic acids is 2. The Hall–Kier alpha value is -1.53. The van der Waals surface area contributed by atoms with E-state index in [1.54, 1.807) is 0 Å². The zero-order valence-electron chi connectivity index (χ0n) is 11.0. The van der Waals surface area contributed by atoms with Crippen LogP contribution in [-0.2, 0) is 9.59 Å². The van der Waals surface area contributed by atoms with Gasteiger partial charge in [-0.1, -0.05) is 5.57 Å². The largest absolute Gasteiger partial charge is 0.471 e. The van der Waals surface area contributed by atoms with Crippen LogP contribution in [0.25, 0.3) is 0 Å². The lowest BCUT2D eigenvalue weighted by Crippen LogP contribution is -2.44. The molecule has 0 aromatic carbocycles. The molecule has 20 heavy (non-hydrogen) atoms. The third-order valence-corrected chi connectivity index (χ3v) is 3.53. The normalized spacial score (nSPS) is 19.8. The van der Waals surface area contributed by atoms with E-state index in [2.05, 4.69) is 5.32 Å². The monoisotopic (exact) mass is 290 g/mol. The van der Waals surface area contributed by atoms with E-state index >= 15 is 0 Å². The van der Waals surface area contributed by atoms with Gasteiger partial charge in [-0.25, -0.2) is 0 Å². The summed E-state index contributed by atoms with van der Waals surface area (Å²) in [5.41, 5.74) is 0.796. The first-order chi connectivity index (χ1) is 9.36. The van der Waals surface area contributed by atoms with Gasteiger partial charge in [0.1, 0.15) is 0 Å². The van der Waals surface area contributed by atoms with E-state index in [1.165, 1.54) is 6.08 Å². The van der Waals surface area contributed by atoms with Crippen molar-refractivity contribution < 1.29 is 22.8 Å². The second kappa shape index (κ2) is 5.85. The third-order valence-electron chi connectivity index (χ3n) is 3.53. The van der Waals surface area contributed by atoms with Crippen molar-refractivity contribution in [3.05, 3.63) is 11.6 Å². The lowest BCUT2D eigenvalue weighted by Gasteiger charge is -2.28. The molecule has 1 N–H and O–H groups in total. The van der Waals surface area contributed by atoms with Crippen LogP contribution >= 0.6 is 0 Å². The molecule has 2 aliphatic rings. The Labute approximate surface area is 115 Å². The molecule has 2 rings (SSSR count). The number of amides is 2. The summed E-state index contributed by atoms with van der Waals surface area (Å²) in [5, 5.41) is 2.77. The fraction of sp³-hybridized carbons (Fsp3) is 0.692. The number of halogens is 3. The van der Waals surface area contributed by atoms with E-state index in [9.17, 15) is 22.8 Å². The highest BCUT2D eigenvalue weighted by molar-refractivity contribution is 5.88. The standard InChI is InChI=1S/C13H17F3N2O2/c14-13(15,16)12(20)18-5-3-9(4-6-18)7-11(19)17-8-10-1-2-10/h7,10H,1-6,8H2,(H,17,19). The summed E-state index contributed by atoms with van der Waals surface area (Å²) in [6, 6.07) is 0. The van der Waals surface area contributed by atoms with Crippen molar-refractivity contribution in [1.82, 2.24) is 10.2 Å². The molecule has 4 nitrogen and oxygen atoms in total. The number of alkyl halides is 3. The first-order valence-electron chi connectivity index (χ1n) is 6.69. The molecule has 7 heteroatoms. The quantitative estimate of drug-likeness (QED) is 0.803. The smallest absolute Gasteiger partial charge is 0.352 e. The van der Waals surface area contributed by atoms with Crippen molar-refractivity contribution in [3.8, 4) is 0 Å². The maximum atomic E-state index is 12.3. The zero-order chi connectivity index (χ0) is 14.8. The van der Waals surface area contributed by atoms with Crippen LogP contribution in [0.4, 0.5) is 13.2 Å². The van der Waals surface area contributed by atoms with Crippen molar-refractivity contribution in [2.75, 3.05) is 19.6 Å². The molecule has 112 valence electrons. The van der Waals surface area contributed by atoms with Crippen LogP contribution in [0.5, 0.6) is 0 Å². The highest BCUT2D eigenvalue weighted by Crippen LogP contribution is 2.27. The molecule has 0 radical (unpaired) electrons. The summed E-state index contributed by atoms with van der Waals surface area (Å²) >= 11 is 0. The predicted molar refractivity (Wildman–Crippen MR) is 65.7 cm³/mol. The van der Waals surface area contributed by atoms with Crippen molar-refractivity contribution in [3.63, 3.8) is 0 Å². The highest BCUT2D eigenvalue weighted by Gasteiger charge is 2.42. The predicted octanol–water partition coefficient (Wildman–Crippen LogP) is 1.62. The molecule has 1 heterocycles. The Morgan fingerprint density at radius 3 is 2.35 bits per heavy atom. The van der Waals surface area contributed by atoms with E-state index in [1.807, 2.05) is 0 Å². The number of hydrogen-bond acceptors (Lipinski definition) is 2. The van der Waals surface area contributed by atoms with E-state index in [4.69, 9.17) is 0 Å². The summed E-state index contributed by atoms with van der Waals surface area (Å²) < 4.78 is 36.8.